The Morgan fingerprint density at radius 1 is 1.69 bits per heavy atom. The molecule has 0 aliphatic heterocycles. The summed E-state index contributed by atoms with van der Waals surface area (Å²) in [7, 11) is 1.80. The molecule has 0 radical (unpaired) electrons. The summed E-state index contributed by atoms with van der Waals surface area (Å²) in [5.74, 6) is 1.05. The molecule has 0 saturated carbocycles. The minimum atomic E-state index is 0.151. The molecule has 1 heterocycles. The van der Waals surface area contributed by atoms with Crippen LogP contribution >= 0.6 is 0 Å². The van der Waals surface area contributed by atoms with E-state index >= 15 is 0 Å². The summed E-state index contributed by atoms with van der Waals surface area (Å²) < 4.78 is 7.00. The maximum absolute atomic E-state index is 5.57. The normalized spacial score (nSPS) is 12.8. The molecule has 13 heavy (non-hydrogen) atoms. The molecule has 1 atom stereocenters. The van der Waals surface area contributed by atoms with Crippen LogP contribution in [0.2, 0.25) is 0 Å². The lowest BCUT2D eigenvalue weighted by atomic mass is 10.3. The van der Waals surface area contributed by atoms with Gasteiger partial charge in [0.25, 0.3) is 0 Å². The number of aryl methyl sites for hydroxylation is 1. The topological polar surface area (TPSA) is 79.1 Å². The van der Waals surface area contributed by atoms with Crippen molar-refractivity contribution >= 4 is 5.82 Å². The zero-order valence-electron chi connectivity index (χ0n) is 8.03. The summed E-state index contributed by atoms with van der Waals surface area (Å²) in [4.78, 5) is 0. The van der Waals surface area contributed by atoms with Crippen LogP contribution in [0, 0.1) is 0 Å². The number of rotatable bonds is 4. The van der Waals surface area contributed by atoms with Crippen molar-refractivity contribution in [3.8, 4) is 5.75 Å². The maximum Gasteiger partial charge on any atom is 0.188 e. The number of nitrogen functional groups attached to an aromatic ring is 1. The van der Waals surface area contributed by atoms with Gasteiger partial charge in [-0.05, 0) is 13.3 Å². The summed E-state index contributed by atoms with van der Waals surface area (Å²) in [5.41, 5.74) is 11.1. The van der Waals surface area contributed by atoms with Crippen LogP contribution in [0.4, 0.5) is 5.82 Å². The predicted molar refractivity (Wildman–Crippen MR) is 51.4 cm³/mol. The molecule has 0 aromatic carbocycles. The smallest absolute Gasteiger partial charge is 0.188 e. The standard InChI is InChI=1S/C8H16N4O/c1-6(9)3-4-13-7-5-12(2)11-8(7)10/h5-6H,3-4,9H2,1-2H3,(H2,10,11). The molecular formula is C8H16N4O. The first-order chi connectivity index (χ1) is 6.09. The second kappa shape index (κ2) is 4.13. The first-order valence-electron chi connectivity index (χ1n) is 4.27. The van der Waals surface area contributed by atoms with E-state index in [4.69, 9.17) is 16.2 Å². The van der Waals surface area contributed by atoms with E-state index in [1.54, 1.807) is 17.9 Å². The summed E-state index contributed by atoms with van der Waals surface area (Å²) in [5, 5.41) is 3.95. The Balaban J connectivity index is 2.40. The van der Waals surface area contributed by atoms with E-state index in [1.165, 1.54) is 0 Å². The van der Waals surface area contributed by atoms with Crippen LogP contribution in [0.1, 0.15) is 13.3 Å². The van der Waals surface area contributed by atoms with Gasteiger partial charge in [0.1, 0.15) is 0 Å². The number of anilines is 1. The highest BCUT2D eigenvalue weighted by Crippen LogP contribution is 2.17. The molecule has 1 unspecified atom stereocenters. The van der Waals surface area contributed by atoms with Gasteiger partial charge in [-0.25, -0.2) is 0 Å². The van der Waals surface area contributed by atoms with Crippen molar-refractivity contribution in [3.63, 3.8) is 0 Å². The van der Waals surface area contributed by atoms with Crippen LogP contribution in [0.25, 0.3) is 0 Å². The fraction of sp³-hybridized carbons (Fsp3) is 0.625. The van der Waals surface area contributed by atoms with E-state index in [-0.39, 0.29) is 6.04 Å². The highest BCUT2D eigenvalue weighted by atomic mass is 16.5. The van der Waals surface area contributed by atoms with Gasteiger partial charge in [0, 0.05) is 13.1 Å². The largest absolute Gasteiger partial charge is 0.488 e. The molecule has 0 aliphatic rings. The van der Waals surface area contributed by atoms with Crippen LogP contribution in [0.3, 0.4) is 0 Å². The second-order valence-corrected chi connectivity index (χ2v) is 3.17. The molecule has 0 bridgehead atoms. The minimum Gasteiger partial charge on any atom is -0.488 e. The SMILES string of the molecule is CC(N)CCOc1cn(C)nc1N. The Morgan fingerprint density at radius 2 is 2.38 bits per heavy atom. The van der Waals surface area contributed by atoms with Crippen molar-refractivity contribution in [2.75, 3.05) is 12.3 Å². The first-order valence-corrected chi connectivity index (χ1v) is 4.27. The van der Waals surface area contributed by atoms with Gasteiger partial charge in [-0.2, -0.15) is 5.10 Å². The van der Waals surface area contributed by atoms with Gasteiger partial charge in [-0.1, -0.05) is 0 Å². The van der Waals surface area contributed by atoms with Crippen molar-refractivity contribution < 1.29 is 4.74 Å². The van der Waals surface area contributed by atoms with Crippen LogP contribution in [-0.2, 0) is 7.05 Å². The summed E-state index contributed by atoms with van der Waals surface area (Å²) in [6.07, 6.45) is 2.56. The number of aromatic nitrogens is 2. The summed E-state index contributed by atoms with van der Waals surface area (Å²) >= 11 is 0. The third-order valence-corrected chi connectivity index (χ3v) is 1.65. The zero-order chi connectivity index (χ0) is 9.84. The lowest BCUT2D eigenvalue weighted by Crippen LogP contribution is -2.18. The molecule has 0 saturated heterocycles. The molecule has 0 fully saturated rings. The molecular weight excluding hydrogens is 168 g/mol. The molecule has 74 valence electrons. The van der Waals surface area contributed by atoms with E-state index in [1.807, 2.05) is 6.92 Å². The Labute approximate surface area is 77.7 Å². The molecule has 1 rings (SSSR count). The molecule has 0 aliphatic carbocycles. The Hall–Kier alpha value is -1.23. The zero-order valence-corrected chi connectivity index (χ0v) is 8.03. The van der Waals surface area contributed by atoms with Crippen molar-refractivity contribution in [2.24, 2.45) is 12.8 Å². The highest BCUT2D eigenvalue weighted by molar-refractivity contribution is 5.43. The van der Waals surface area contributed by atoms with Gasteiger partial charge in [-0.15, -0.1) is 0 Å². The lowest BCUT2D eigenvalue weighted by Gasteiger charge is -2.05. The van der Waals surface area contributed by atoms with E-state index in [0.717, 1.165) is 6.42 Å². The third kappa shape index (κ3) is 2.95. The van der Waals surface area contributed by atoms with E-state index in [9.17, 15) is 0 Å². The van der Waals surface area contributed by atoms with Gasteiger partial charge in [0.2, 0.25) is 0 Å². The molecule has 1 aromatic heterocycles. The summed E-state index contributed by atoms with van der Waals surface area (Å²) in [6.45, 7) is 2.52. The Bertz CT molecular complexity index is 269. The first kappa shape index (κ1) is 9.85. The molecule has 5 heteroatoms. The van der Waals surface area contributed by atoms with Crippen LogP contribution < -0.4 is 16.2 Å². The van der Waals surface area contributed by atoms with E-state index in [0.29, 0.717) is 18.2 Å². The van der Waals surface area contributed by atoms with Crippen LogP contribution in [0.15, 0.2) is 6.20 Å². The van der Waals surface area contributed by atoms with Crippen molar-refractivity contribution in [1.82, 2.24) is 9.78 Å². The number of nitrogens with two attached hydrogens (primary N) is 2. The fourth-order valence-corrected chi connectivity index (χ4v) is 0.950. The molecule has 0 spiro atoms. The predicted octanol–water partition coefficient (Wildman–Crippen LogP) is 0.118. The average Bonchev–Trinajstić information content (AvgIpc) is 2.29. The quantitative estimate of drug-likeness (QED) is 0.696. The second-order valence-electron chi connectivity index (χ2n) is 3.17. The fourth-order valence-electron chi connectivity index (χ4n) is 0.950. The van der Waals surface area contributed by atoms with E-state index in [2.05, 4.69) is 5.10 Å². The molecule has 4 N–H and O–H groups in total. The van der Waals surface area contributed by atoms with Gasteiger partial charge in [0.15, 0.2) is 11.6 Å². The number of nitrogens with zero attached hydrogens (tertiary/aromatic N) is 2. The third-order valence-electron chi connectivity index (χ3n) is 1.65. The van der Waals surface area contributed by atoms with E-state index < -0.39 is 0 Å². The van der Waals surface area contributed by atoms with Gasteiger partial charge < -0.3 is 16.2 Å². The van der Waals surface area contributed by atoms with Gasteiger partial charge >= 0.3 is 0 Å². The highest BCUT2D eigenvalue weighted by Gasteiger charge is 2.04. The number of hydrogen-bond donors (Lipinski definition) is 2. The number of hydrogen-bond acceptors (Lipinski definition) is 4. The molecule has 1 aromatic rings. The van der Waals surface area contributed by atoms with Crippen LogP contribution in [0.5, 0.6) is 5.75 Å². The summed E-state index contributed by atoms with van der Waals surface area (Å²) in [6, 6.07) is 0.151. The molecule has 0 amide bonds. The lowest BCUT2D eigenvalue weighted by molar-refractivity contribution is 0.302. The van der Waals surface area contributed by atoms with Crippen LogP contribution in [-0.4, -0.2) is 22.4 Å². The Kier molecular flexibility index (Phi) is 3.13. The van der Waals surface area contributed by atoms with Gasteiger partial charge in [0.05, 0.1) is 12.8 Å². The monoisotopic (exact) mass is 184 g/mol. The number of ether oxygens (including phenoxy) is 1. The van der Waals surface area contributed by atoms with Gasteiger partial charge in [-0.3, -0.25) is 4.68 Å². The van der Waals surface area contributed by atoms with Crippen molar-refractivity contribution in [1.29, 1.82) is 0 Å². The Morgan fingerprint density at radius 3 is 2.85 bits per heavy atom. The molecule has 5 nitrogen and oxygen atoms in total. The van der Waals surface area contributed by atoms with Crippen molar-refractivity contribution in [2.45, 2.75) is 19.4 Å². The minimum absolute atomic E-state index is 0.151. The maximum atomic E-state index is 5.57. The van der Waals surface area contributed by atoms with Crippen molar-refractivity contribution in [3.05, 3.63) is 6.20 Å². The average molecular weight is 184 g/mol.